The molecule has 2 heterocycles. The van der Waals surface area contributed by atoms with E-state index in [1.54, 1.807) is 74.6 Å². The van der Waals surface area contributed by atoms with Crippen LogP contribution in [-0.4, -0.2) is 74.8 Å². The SMILES string of the molecule is CC(C)N(CC(=O)NCc1cccc(Cl)c1F)C(=O)Cc1cn(C(N)=O)c2ccccc12.CC(C)NCC(=O)CCc1cccc(Cl)c1F.[N-]=[N+]=NC(=O)c1cn(C(N)=O)c2ccccc12. The minimum Gasteiger partial charge on any atom is -0.351 e. The number of azide groups is 1. The van der Waals surface area contributed by atoms with Crippen LogP contribution in [0.4, 0.5) is 18.4 Å². The zero-order valence-electron chi connectivity index (χ0n) is 36.4. The molecule has 6 rings (SSSR count). The van der Waals surface area contributed by atoms with Crippen molar-refractivity contribution in [3.63, 3.8) is 0 Å². The first-order valence-corrected chi connectivity index (χ1v) is 21.1. The first-order chi connectivity index (χ1) is 31.3. The summed E-state index contributed by atoms with van der Waals surface area (Å²) in [6.45, 7) is 7.65. The van der Waals surface area contributed by atoms with Gasteiger partial charge in [0, 0.05) is 58.7 Å². The Hall–Kier alpha value is -7.11. The topological polar surface area (TPSA) is 240 Å². The van der Waals surface area contributed by atoms with Crippen LogP contribution in [0.1, 0.15) is 61.2 Å². The molecule has 6 N–H and O–H groups in total. The molecule has 346 valence electrons. The molecule has 2 aromatic heterocycles. The number of para-hydroxylation sites is 2. The number of aryl methyl sites for hydroxylation is 1. The number of nitrogens with zero attached hydrogens (tertiary/aromatic N) is 6. The molecule has 0 aliphatic heterocycles. The van der Waals surface area contributed by atoms with Gasteiger partial charge in [0.1, 0.15) is 17.4 Å². The highest BCUT2D eigenvalue weighted by atomic mass is 35.5. The lowest BCUT2D eigenvalue weighted by atomic mass is 10.1. The molecule has 0 saturated heterocycles. The van der Waals surface area contributed by atoms with Crippen molar-refractivity contribution in [1.82, 2.24) is 24.7 Å². The van der Waals surface area contributed by atoms with Gasteiger partial charge in [0.25, 0.3) is 5.91 Å². The number of fused-ring (bicyclic) bond motifs is 2. The molecule has 0 saturated carbocycles. The molecule has 0 atom stereocenters. The van der Waals surface area contributed by atoms with E-state index in [2.05, 4.69) is 20.7 Å². The van der Waals surface area contributed by atoms with Crippen molar-refractivity contribution in [2.24, 2.45) is 16.6 Å². The molecule has 0 aliphatic carbocycles. The Morgan fingerprint density at radius 3 is 1.88 bits per heavy atom. The smallest absolute Gasteiger partial charge is 0.323 e. The number of benzene rings is 4. The Morgan fingerprint density at radius 2 is 1.30 bits per heavy atom. The number of aromatic nitrogens is 2. The number of amides is 5. The summed E-state index contributed by atoms with van der Waals surface area (Å²) < 4.78 is 30.0. The maximum atomic E-state index is 14.0. The van der Waals surface area contributed by atoms with Crippen molar-refractivity contribution in [2.45, 2.75) is 65.6 Å². The molecule has 6 aromatic rings. The number of carbonyl (C=O) groups excluding carboxylic acids is 6. The molecule has 0 fully saturated rings. The predicted octanol–water partition coefficient (Wildman–Crippen LogP) is 8.45. The quantitative estimate of drug-likeness (QED) is 0.0471. The third-order valence-corrected chi connectivity index (χ3v) is 10.5. The number of nitrogens with two attached hydrogens (primary N) is 2. The lowest BCUT2D eigenvalue weighted by Gasteiger charge is -2.26. The van der Waals surface area contributed by atoms with Crippen molar-refractivity contribution in [2.75, 3.05) is 13.1 Å². The second kappa shape index (κ2) is 24.3. The Morgan fingerprint density at radius 1 is 0.758 bits per heavy atom. The number of hydrogen-bond acceptors (Lipinski definition) is 7. The highest BCUT2D eigenvalue weighted by Gasteiger charge is 2.23. The van der Waals surface area contributed by atoms with E-state index in [0.29, 0.717) is 46.9 Å². The second-order valence-electron chi connectivity index (χ2n) is 15.2. The van der Waals surface area contributed by atoms with Crippen LogP contribution in [0, 0.1) is 11.6 Å². The van der Waals surface area contributed by atoms with Crippen LogP contribution in [0.5, 0.6) is 0 Å². The minimum atomic E-state index is -0.747. The van der Waals surface area contributed by atoms with E-state index in [-0.39, 0.29) is 64.5 Å². The molecule has 20 heteroatoms. The zero-order chi connectivity index (χ0) is 48.7. The monoisotopic (exact) mass is 944 g/mol. The molecule has 4 aromatic carbocycles. The number of primary amides is 2. The lowest BCUT2D eigenvalue weighted by Crippen LogP contribution is -2.44. The summed E-state index contributed by atoms with van der Waals surface area (Å²) in [5, 5.41) is 10.00. The van der Waals surface area contributed by atoms with E-state index < -0.39 is 35.5 Å². The van der Waals surface area contributed by atoms with Gasteiger partial charge in [-0.05, 0) is 66.3 Å². The zero-order valence-corrected chi connectivity index (χ0v) is 37.9. The molecule has 66 heavy (non-hydrogen) atoms. The van der Waals surface area contributed by atoms with E-state index in [1.807, 2.05) is 26.0 Å². The fourth-order valence-electron chi connectivity index (χ4n) is 6.53. The molecular weight excluding hydrogens is 897 g/mol. The summed E-state index contributed by atoms with van der Waals surface area (Å²) in [6.07, 6.45) is 3.53. The number of ketones is 1. The Labute approximate surface area is 388 Å². The fourth-order valence-corrected chi connectivity index (χ4v) is 6.92. The molecule has 0 aliphatic rings. The Kier molecular flexibility index (Phi) is 18.9. The second-order valence-corrected chi connectivity index (χ2v) is 16.0. The van der Waals surface area contributed by atoms with E-state index >= 15 is 0 Å². The lowest BCUT2D eigenvalue weighted by molar-refractivity contribution is -0.137. The van der Waals surface area contributed by atoms with Crippen LogP contribution in [-0.2, 0) is 33.8 Å². The molecule has 0 bridgehead atoms. The van der Waals surface area contributed by atoms with Crippen molar-refractivity contribution >= 4 is 80.6 Å². The number of carbonyl (C=O) groups is 6. The van der Waals surface area contributed by atoms with Crippen LogP contribution in [0.2, 0.25) is 10.0 Å². The summed E-state index contributed by atoms with van der Waals surface area (Å²) in [6, 6.07) is 21.9. The van der Waals surface area contributed by atoms with Gasteiger partial charge in [0.05, 0.1) is 46.2 Å². The standard InChI is InChI=1S/C23H24ClFN4O3.C13H17ClFNO.C10H7N5O2/c1-14(2)28(13-20(30)27-11-15-6-5-8-18(24)22(15)25)21(31)10-16-12-29(23(26)32)19-9-4-3-7-17(16)19;1-9(2)16-8-11(17)7-6-10-4-3-5-12(14)13(10)15;11-10(17)15-5-7(9(16)13-14-12)6-3-1-2-4-8(6)15/h3-9,12,14H,10-11,13H2,1-2H3,(H2,26,32)(H,27,30);3-5,9,16H,6-8H2,1-2H3;1-5H,(H2,11,17). The summed E-state index contributed by atoms with van der Waals surface area (Å²) in [7, 11) is 0. The fraction of sp³-hybridized carbons (Fsp3) is 0.261. The van der Waals surface area contributed by atoms with Crippen LogP contribution >= 0.6 is 23.2 Å². The van der Waals surface area contributed by atoms with Gasteiger partial charge in [-0.2, -0.15) is 0 Å². The highest BCUT2D eigenvalue weighted by molar-refractivity contribution is 6.31. The summed E-state index contributed by atoms with van der Waals surface area (Å²) >= 11 is 11.4. The van der Waals surface area contributed by atoms with Crippen molar-refractivity contribution in [3.8, 4) is 0 Å². The van der Waals surface area contributed by atoms with Gasteiger partial charge in [-0.25, -0.2) is 18.4 Å². The molecule has 0 spiro atoms. The van der Waals surface area contributed by atoms with Gasteiger partial charge in [0.15, 0.2) is 0 Å². The number of Topliss-reactive ketones (excluding diaryl/α,β-unsaturated/α-hetero) is 1. The minimum absolute atomic E-state index is 0.00479. The van der Waals surface area contributed by atoms with Gasteiger partial charge in [-0.1, -0.05) is 97.7 Å². The van der Waals surface area contributed by atoms with Crippen LogP contribution in [0.25, 0.3) is 32.2 Å². The van der Waals surface area contributed by atoms with Crippen LogP contribution in [0.15, 0.2) is 102 Å². The van der Waals surface area contributed by atoms with Crippen molar-refractivity contribution in [1.29, 1.82) is 0 Å². The van der Waals surface area contributed by atoms with Crippen molar-refractivity contribution in [3.05, 3.63) is 152 Å². The number of halogens is 4. The summed E-state index contributed by atoms with van der Waals surface area (Å²) in [4.78, 5) is 75.3. The predicted molar refractivity (Wildman–Crippen MR) is 249 cm³/mol. The largest absolute Gasteiger partial charge is 0.351 e. The van der Waals surface area contributed by atoms with Crippen LogP contribution in [0.3, 0.4) is 0 Å². The Bertz CT molecular complexity index is 2800. The molecule has 5 amide bonds. The maximum absolute atomic E-state index is 14.0. The van der Waals surface area contributed by atoms with E-state index in [4.69, 9.17) is 40.2 Å². The third-order valence-electron chi connectivity index (χ3n) is 9.87. The average molecular weight is 946 g/mol. The van der Waals surface area contributed by atoms with Gasteiger partial charge >= 0.3 is 12.1 Å². The van der Waals surface area contributed by atoms with Gasteiger partial charge in [-0.15, -0.1) is 0 Å². The first-order valence-electron chi connectivity index (χ1n) is 20.4. The normalized spacial score (nSPS) is 10.7. The number of nitrogens with one attached hydrogen (secondary N) is 2. The molecule has 0 radical (unpaired) electrons. The average Bonchev–Trinajstić information content (AvgIpc) is 3.86. The van der Waals surface area contributed by atoms with Gasteiger partial charge in [0.2, 0.25) is 11.8 Å². The summed E-state index contributed by atoms with van der Waals surface area (Å²) in [5.74, 6) is -2.37. The molecule has 16 nitrogen and oxygen atoms in total. The van der Waals surface area contributed by atoms with Gasteiger partial charge < -0.3 is 27.0 Å². The first kappa shape index (κ1) is 51.5. The summed E-state index contributed by atoms with van der Waals surface area (Å²) in [5.41, 5.74) is 21.5. The Balaban J connectivity index is 0.000000237. The van der Waals surface area contributed by atoms with E-state index in [9.17, 15) is 37.5 Å². The molecular formula is C46H48Cl2F2N10O6. The van der Waals surface area contributed by atoms with Crippen molar-refractivity contribution < 1.29 is 37.5 Å². The van der Waals surface area contributed by atoms with E-state index in [0.717, 1.165) is 9.95 Å². The number of rotatable bonds is 14. The maximum Gasteiger partial charge on any atom is 0.323 e. The third kappa shape index (κ3) is 13.9. The number of hydrogen-bond donors (Lipinski definition) is 4. The van der Waals surface area contributed by atoms with E-state index in [1.165, 1.54) is 33.9 Å². The van der Waals surface area contributed by atoms with Gasteiger partial charge in [-0.3, -0.25) is 28.3 Å². The van der Waals surface area contributed by atoms with Crippen LogP contribution < -0.4 is 22.1 Å². The molecule has 0 unspecified atom stereocenters. The highest BCUT2D eigenvalue weighted by Crippen LogP contribution is 2.24.